The second-order valence-electron chi connectivity index (χ2n) is 4.84. The van der Waals surface area contributed by atoms with Crippen LogP contribution in [-0.2, 0) is 0 Å². The van der Waals surface area contributed by atoms with E-state index in [1.807, 2.05) is 26.0 Å². The van der Waals surface area contributed by atoms with E-state index in [9.17, 15) is 0 Å². The van der Waals surface area contributed by atoms with Crippen LogP contribution in [0.1, 0.15) is 19.4 Å². The molecule has 2 rings (SSSR count). The smallest absolute Gasteiger partial charge is 0.250 e. The first-order chi connectivity index (χ1) is 12.2. The van der Waals surface area contributed by atoms with Gasteiger partial charge in [-0.25, -0.2) is 5.43 Å². The average molecular weight is 345 g/mol. The summed E-state index contributed by atoms with van der Waals surface area (Å²) in [6.07, 6.45) is 1.63. The number of aromatic nitrogens is 3. The quantitative estimate of drug-likeness (QED) is 0.469. The molecule has 1 heterocycles. The summed E-state index contributed by atoms with van der Waals surface area (Å²) >= 11 is 0. The van der Waals surface area contributed by atoms with Gasteiger partial charge in [0.05, 0.1) is 20.4 Å². The van der Waals surface area contributed by atoms with Gasteiger partial charge in [0.1, 0.15) is 11.5 Å². The summed E-state index contributed by atoms with van der Waals surface area (Å²) in [4.78, 5) is 12.8. The van der Waals surface area contributed by atoms with E-state index in [4.69, 9.17) is 9.47 Å². The standard InChI is InChI=1S/C16H23N7O2/c1-5-17-14-20-15(18-6-2)22-16(21-14)23-19-10-11-7-8-12(24-3)9-13(11)25-4/h7-10H,5-6H2,1-4H3,(H3,17,18,20,21,22,23). The Balaban J connectivity index is 2.15. The van der Waals surface area contributed by atoms with Gasteiger partial charge in [-0.2, -0.15) is 20.1 Å². The predicted molar refractivity (Wildman–Crippen MR) is 98.9 cm³/mol. The lowest BCUT2D eigenvalue weighted by Crippen LogP contribution is -2.10. The molecule has 9 nitrogen and oxygen atoms in total. The van der Waals surface area contributed by atoms with Gasteiger partial charge in [0.15, 0.2) is 0 Å². The molecule has 0 bridgehead atoms. The SMILES string of the molecule is CCNc1nc(NCC)nc(NN=Cc2ccc(OC)cc2OC)n1. The summed E-state index contributed by atoms with van der Waals surface area (Å²) in [6.45, 7) is 5.36. The van der Waals surface area contributed by atoms with Crippen molar-refractivity contribution >= 4 is 24.1 Å². The highest BCUT2D eigenvalue weighted by atomic mass is 16.5. The summed E-state index contributed by atoms with van der Waals surface area (Å²) in [5.74, 6) is 2.67. The number of benzene rings is 1. The van der Waals surface area contributed by atoms with Gasteiger partial charge in [-0.05, 0) is 26.0 Å². The van der Waals surface area contributed by atoms with Gasteiger partial charge in [-0.1, -0.05) is 0 Å². The maximum atomic E-state index is 5.33. The van der Waals surface area contributed by atoms with Gasteiger partial charge in [-0.3, -0.25) is 0 Å². The average Bonchev–Trinajstić information content (AvgIpc) is 2.62. The molecule has 2 aromatic rings. The first-order valence-corrected chi connectivity index (χ1v) is 7.95. The normalized spacial score (nSPS) is 10.6. The molecule has 3 N–H and O–H groups in total. The molecule has 0 saturated heterocycles. The largest absolute Gasteiger partial charge is 0.497 e. The molecule has 0 spiro atoms. The zero-order chi connectivity index (χ0) is 18.1. The van der Waals surface area contributed by atoms with Crippen LogP contribution in [0.2, 0.25) is 0 Å². The summed E-state index contributed by atoms with van der Waals surface area (Å²) in [5.41, 5.74) is 3.61. The lowest BCUT2D eigenvalue weighted by Gasteiger charge is -2.08. The zero-order valence-corrected chi connectivity index (χ0v) is 14.8. The van der Waals surface area contributed by atoms with Crippen LogP contribution in [0.4, 0.5) is 17.8 Å². The van der Waals surface area contributed by atoms with Crippen molar-refractivity contribution in [3.8, 4) is 11.5 Å². The number of methoxy groups -OCH3 is 2. The van der Waals surface area contributed by atoms with Crippen LogP contribution < -0.4 is 25.5 Å². The molecule has 0 aliphatic rings. The van der Waals surface area contributed by atoms with Crippen molar-refractivity contribution in [3.05, 3.63) is 23.8 Å². The summed E-state index contributed by atoms with van der Waals surface area (Å²) in [5, 5.41) is 10.3. The van der Waals surface area contributed by atoms with Gasteiger partial charge < -0.3 is 20.1 Å². The Morgan fingerprint density at radius 2 is 1.60 bits per heavy atom. The van der Waals surface area contributed by atoms with E-state index in [-0.39, 0.29) is 0 Å². The number of anilines is 3. The molecule has 9 heteroatoms. The Kier molecular flexibility index (Phi) is 6.76. The van der Waals surface area contributed by atoms with Gasteiger partial charge in [-0.15, -0.1) is 0 Å². The highest BCUT2D eigenvalue weighted by Gasteiger charge is 2.05. The Morgan fingerprint density at radius 3 is 2.16 bits per heavy atom. The van der Waals surface area contributed by atoms with E-state index >= 15 is 0 Å². The first kappa shape index (κ1) is 18.2. The van der Waals surface area contributed by atoms with Crippen molar-refractivity contribution in [3.63, 3.8) is 0 Å². The fraction of sp³-hybridized carbons (Fsp3) is 0.375. The highest BCUT2D eigenvalue weighted by molar-refractivity contribution is 5.84. The van der Waals surface area contributed by atoms with Crippen LogP contribution in [0.5, 0.6) is 11.5 Å². The second kappa shape index (κ2) is 9.26. The molecule has 1 aromatic heterocycles. The highest BCUT2D eigenvalue weighted by Crippen LogP contribution is 2.23. The maximum Gasteiger partial charge on any atom is 0.250 e. The van der Waals surface area contributed by atoms with E-state index in [1.165, 1.54) is 0 Å². The number of nitrogens with one attached hydrogen (secondary N) is 3. The molecule has 0 radical (unpaired) electrons. The number of rotatable bonds is 9. The molecule has 0 unspecified atom stereocenters. The van der Waals surface area contributed by atoms with E-state index in [2.05, 4.69) is 36.1 Å². The van der Waals surface area contributed by atoms with Crippen LogP contribution in [0.3, 0.4) is 0 Å². The number of hydrogen-bond donors (Lipinski definition) is 3. The molecule has 0 atom stereocenters. The maximum absolute atomic E-state index is 5.33. The van der Waals surface area contributed by atoms with Gasteiger partial charge >= 0.3 is 0 Å². The van der Waals surface area contributed by atoms with Crippen molar-refractivity contribution in [1.29, 1.82) is 0 Å². The van der Waals surface area contributed by atoms with Crippen molar-refractivity contribution < 1.29 is 9.47 Å². The lowest BCUT2D eigenvalue weighted by atomic mass is 10.2. The number of nitrogens with zero attached hydrogens (tertiary/aromatic N) is 4. The second-order valence-corrected chi connectivity index (χ2v) is 4.84. The summed E-state index contributed by atoms with van der Waals surface area (Å²) in [7, 11) is 3.20. The van der Waals surface area contributed by atoms with E-state index in [1.54, 1.807) is 26.5 Å². The predicted octanol–water partition coefficient (Wildman–Crippen LogP) is 2.20. The van der Waals surface area contributed by atoms with Crippen LogP contribution in [0, 0.1) is 0 Å². The van der Waals surface area contributed by atoms with Gasteiger partial charge in [0.2, 0.25) is 17.8 Å². The minimum atomic E-state index is 0.339. The lowest BCUT2D eigenvalue weighted by molar-refractivity contribution is 0.394. The number of hydrazone groups is 1. The topological polar surface area (TPSA) is 106 Å². The number of hydrogen-bond acceptors (Lipinski definition) is 9. The van der Waals surface area contributed by atoms with Crippen LogP contribution in [-0.4, -0.2) is 48.5 Å². The monoisotopic (exact) mass is 345 g/mol. The van der Waals surface area contributed by atoms with Gasteiger partial charge in [0, 0.05) is 24.7 Å². The van der Waals surface area contributed by atoms with Crippen molar-refractivity contribution in [1.82, 2.24) is 15.0 Å². The van der Waals surface area contributed by atoms with E-state index in [0.717, 1.165) is 5.56 Å². The van der Waals surface area contributed by atoms with Gasteiger partial charge in [0.25, 0.3) is 0 Å². The molecule has 0 amide bonds. The Morgan fingerprint density at radius 1 is 0.960 bits per heavy atom. The van der Waals surface area contributed by atoms with Crippen molar-refractivity contribution in [2.75, 3.05) is 43.4 Å². The third-order valence-corrected chi connectivity index (χ3v) is 3.11. The Labute approximate surface area is 146 Å². The van der Waals surface area contributed by atoms with E-state index < -0.39 is 0 Å². The van der Waals surface area contributed by atoms with Crippen molar-refractivity contribution in [2.45, 2.75) is 13.8 Å². The molecular weight excluding hydrogens is 322 g/mol. The minimum Gasteiger partial charge on any atom is -0.497 e. The molecule has 0 fully saturated rings. The third-order valence-electron chi connectivity index (χ3n) is 3.11. The zero-order valence-electron chi connectivity index (χ0n) is 14.8. The first-order valence-electron chi connectivity index (χ1n) is 7.95. The van der Waals surface area contributed by atoms with E-state index in [0.29, 0.717) is 42.4 Å². The summed E-state index contributed by atoms with van der Waals surface area (Å²) < 4.78 is 10.5. The molecule has 0 aliphatic heterocycles. The minimum absolute atomic E-state index is 0.339. The van der Waals surface area contributed by atoms with Crippen LogP contribution >= 0.6 is 0 Å². The molecule has 0 aliphatic carbocycles. The fourth-order valence-electron chi connectivity index (χ4n) is 1.98. The third kappa shape index (κ3) is 5.20. The molecule has 134 valence electrons. The molecule has 1 aromatic carbocycles. The fourth-order valence-corrected chi connectivity index (χ4v) is 1.98. The van der Waals surface area contributed by atoms with Crippen LogP contribution in [0.15, 0.2) is 23.3 Å². The van der Waals surface area contributed by atoms with Crippen LogP contribution in [0.25, 0.3) is 0 Å². The van der Waals surface area contributed by atoms with Crippen molar-refractivity contribution in [2.24, 2.45) is 5.10 Å². The molecular formula is C16H23N7O2. The summed E-state index contributed by atoms with van der Waals surface area (Å²) in [6, 6.07) is 5.47. The number of ether oxygens (including phenoxy) is 2. The Hall–Kier alpha value is -3.10. The molecule has 0 saturated carbocycles. The molecule has 25 heavy (non-hydrogen) atoms. The Bertz CT molecular complexity index is 697.